The zero-order valence-electron chi connectivity index (χ0n) is 12.4. The molecule has 20 heavy (non-hydrogen) atoms. The summed E-state index contributed by atoms with van der Waals surface area (Å²) in [6.07, 6.45) is 2.97. The lowest BCUT2D eigenvalue weighted by molar-refractivity contribution is 0.865. The van der Waals surface area contributed by atoms with Crippen LogP contribution in [0, 0.1) is 0 Å². The highest BCUT2D eigenvalue weighted by Gasteiger charge is 2.02. The molecule has 0 saturated heterocycles. The Labute approximate surface area is 126 Å². The van der Waals surface area contributed by atoms with Gasteiger partial charge in [-0.3, -0.25) is 0 Å². The van der Waals surface area contributed by atoms with Gasteiger partial charge in [0.15, 0.2) is 0 Å². The van der Waals surface area contributed by atoms with Crippen LogP contribution < -0.4 is 5.32 Å². The summed E-state index contributed by atoms with van der Waals surface area (Å²) >= 11 is 1.78. The van der Waals surface area contributed by atoms with Crippen molar-refractivity contribution in [3.63, 3.8) is 0 Å². The van der Waals surface area contributed by atoms with Gasteiger partial charge in [-0.15, -0.1) is 0 Å². The van der Waals surface area contributed by atoms with Crippen molar-refractivity contribution < 1.29 is 0 Å². The molecule has 1 heterocycles. The Morgan fingerprint density at radius 2 is 1.85 bits per heavy atom. The second-order valence-electron chi connectivity index (χ2n) is 5.13. The van der Waals surface area contributed by atoms with Crippen molar-refractivity contribution in [2.75, 3.05) is 11.9 Å². The molecule has 1 aromatic carbocycles. The SMILES string of the molecule is CCCNc1cc(Sc2ccc(C(C)C)cc2)ccn1. The van der Waals surface area contributed by atoms with Crippen LogP contribution in [0.3, 0.4) is 0 Å². The predicted octanol–water partition coefficient (Wildman–Crippen LogP) is 5.18. The molecule has 3 heteroatoms. The molecule has 2 rings (SSSR count). The molecular weight excluding hydrogens is 264 g/mol. The Kier molecular flexibility index (Phi) is 5.48. The number of benzene rings is 1. The Morgan fingerprint density at radius 3 is 2.50 bits per heavy atom. The number of nitrogens with one attached hydrogen (secondary N) is 1. The van der Waals surface area contributed by atoms with E-state index in [4.69, 9.17) is 0 Å². The molecule has 0 saturated carbocycles. The normalized spacial score (nSPS) is 10.8. The largest absolute Gasteiger partial charge is 0.370 e. The minimum absolute atomic E-state index is 0.583. The van der Waals surface area contributed by atoms with Crippen molar-refractivity contribution in [2.45, 2.75) is 42.9 Å². The number of rotatable bonds is 6. The average molecular weight is 286 g/mol. The van der Waals surface area contributed by atoms with Gasteiger partial charge in [-0.2, -0.15) is 0 Å². The quantitative estimate of drug-likeness (QED) is 0.792. The van der Waals surface area contributed by atoms with Gasteiger partial charge in [-0.1, -0.05) is 44.7 Å². The van der Waals surface area contributed by atoms with E-state index in [1.54, 1.807) is 11.8 Å². The number of pyridine rings is 1. The molecule has 0 radical (unpaired) electrons. The van der Waals surface area contributed by atoms with Crippen LogP contribution in [0.15, 0.2) is 52.4 Å². The van der Waals surface area contributed by atoms with Crippen LogP contribution in [0.2, 0.25) is 0 Å². The third-order valence-corrected chi connectivity index (χ3v) is 4.07. The summed E-state index contributed by atoms with van der Waals surface area (Å²) in [5, 5.41) is 3.32. The van der Waals surface area contributed by atoms with Crippen molar-refractivity contribution in [1.82, 2.24) is 4.98 Å². The topological polar surface area (TPSA) is 24.9 Å². The Balaban J connectivity index is 2.05. The van der Waals surface area contributed by atoms with Crippen LogP contribution in [0.1, 0.15) is 38.7 Å². The molecule has 0 spiro atoms. The van der Waals surface area contributed by atoms with Crippen LogP contribution >= 0.6 is 11.8 Å². The van der Waals surface area contributed by atoms with E-state index in [1.165, 1.54) is 15.4 Å². The first kappa shape index (κ1) is 14.9. The molecule has 0 aliphatic rings. The summed E-state index contributed by atoms with van der Waals surface area (Å²) in [5.41, 5.74) is 1.38. The van der Waals surface area contributed by atoms with Crippen molar-refractivity contribution in [3.05, 3.63) is 48.2 Å². The number of hydrogen-bond acceptors (Lipinski definition) is 3. The molecule has 106 valence electrons. The molecule has 0 unspecified atom stereocenters. The fourth-order valence-electron chi connectivity index (χ4n) is 1.88. The zero-order chi connectivity index (χ0) is 14.4. The van der Waals surface area contributed by atoms with Crippen LogP contribution in [-0.2, 0) is 0 Å². The fraction of sp³-hybridized carbons (Fsp3) is 0.353. The Morgan fingerprint density at radius 1 is 1.10 bits per heavy atom. The third-order valence-electron chi connectivity index (χ3n) is 3.07. The highest BCUT2D eigenvalue weighted by atomic mass is 32.2. The van der Waals surface area contributed by atoms with E-state index in [-0.39, 0.29) is 0 Å². The van der Waals surface area contributed by atoms with E-state index in [1.807, 2.05) is 6.20 Å². The van der Waals surface area contributed by atoms with Crippen LogP contribution in [0.5, 0.6) is 0 Å². The summed E-state index contributed by atoms with van der Waals surface area (Å²) in [4.78, 5) is 6.82. The zero-order valence-corrected chi connectivity index (χ0v) is 13.2. The van der Waals surface area contributed by atoms with Gasteiger partial charge >= 0.3 is 0 Å². The van der Waals surface area contributed by atoms with E-state index in [0.717, 1.165) is 18.8 Å². The van der Waals surface area contributed by atoms with Crippen LogP contribution in [0.25, 0.3) is 0 Å². The highest BCUT2D eigenvalue weighted by molar-refractivity contribution is 7.99. The van der Waals surface area contributed by atoms with E-state index >= 15 is 0 Å². The van der Waals surface area contributed by atoms with Gasteiger partial charge in [-0.25, -0.2) is 4.98 Å². The Bertz CT molecular complexity index is 535. The molecule has 2 nitrogen and oxygen atoms in total. The standard InChI is InChI=1S/C17H22N2S/c1-4-10-18-17-12-16(9-11-19-17)20-15-7-5-14(6-8-15)13(2)3/h5-9,11-13H,4,10H2,1-3H3,(H,18,19). The van der Waals surface area contributed by atoms with Gasteiger partial charge in [0.05, 0.1) is 0 Å². The monoisotopic (exact) mass is 286 g/mol. The van der Waals surface area contributed by atoms with Gasteiger partial charge in [-0.05, 0) is 42.2 Å². The second kappa shape index (κ2) is 7.34. The lowest BCUT2D eigenvalue weighted by Crippen LogP contribution is -2.01. The van der Waals surface area contributed by atoms with Gasteiger partial charge in [0.25, 0.3) is 0 Å². The molecule has 0 aliphatic carbocycles. The molecule has 1 N–H and O–H groups in total. The number of aromatic nitrogens is 1. The first-order chi connectivity index (χ1) is 9.69. The molecule has 0 fully saturated rings. The van der Waals surface area contributed by atoms with Crippen LogP contribution in [-0.4, -0.2) is 11.5 Å². The van der Waals surface area contributed by atoms with Crippen molar-refractivity contribution in [1.29, 1.82) is 0 Å². The van der Waals surface area contributed by atoms with E-state index in [2.05, 4.69) is 67.5 Å². The molecule has 0 amide bonds. The number of nitrogens with zero attached hydrogens (tertiary/aromatic N) is 1. The minimum atomic E-state index is 0.583. The maximum absolute atomic E-state index is 4.33. The van der Waals surface area contributed by atoms with Crippen molar-refractivity contribution in [2.24, 2.45) is 0 Å². The predicted molar refractivity (Wildman–Crippen MR) is 87.7 cm³/mol. The first-order valence-corrected chi connectivity index (χ1v) is 7.98. The summed E-state index contributed by atoms with van der Waals surface area (Å²) in [7, 11) is 0. The van der Waals surface area contributed by atoms with E-state index in [0.29, 0.717) is 5.92 Å². The number of anilines is 1. The van der Waals surface area contributed by atoms with E-state index in [9.17, 15) is 0 Å². The maximum atomic E-state index is 4.33. The van der Waals surface area contributed by atoms with Crippen molar-refractivity contribution >= 4 is 17.6 Å². The summed E-state index contributed by atoms with van der Waals surface area (Å²) in [5.74, 6) is 1.54. The molecule has 0 atom stereocenters. The second-order valence-corrected chi connectivity index (χ2v) is 6.28. The maximum Gasteiger partial charge on any atom is 0.127 e. The number of hydrogen-bond donors (Lipinski definition) is 1. The van der Waals surface area contributed by atoms with Gasteiger partial charge in [0.1, 0.15) is 5.82 Å². The summed E-state index contributed by atoms with van der Waals surface area (Å²) in [6, 6.07) is 13.0. The average Bonchev–Trinajstić information content (AvgIpc) is 2.46. The molecule has 1 aromatic heterocycles. The smallest absolute Gasteiger partial charge is 0.127 e. The van der Waals surface area contributed by atoms with Gasteiger partial charge in [0.2, 0.25) is 0 Å². The van der Waals surface area contributed by atoms with Crippen molar-refractivity contribution in [3.8, 4) is 0 Å². The van der Waals surface area contributed by atoms with E-state index < -0.39 is 0 Å². The first-order valence-electron chi connectivity index (χ1n) is 7.16. The van der Waals surface area contributed by atoms with Crippen LogP contribution in [0.4, 0.5) is 5.82 Å². The Hall–Kier alpha value is -1.48. The summed E-state index contributed by atoms with van der Waals surface area (Å²) in [6.45, 7) is 7.56. The summed E-state index contributed by atoms with van der Waals surface area (Å²) < 4.78 is 0. The highest BCUT2D eigenvalue weighted by Crippen LogP contribution is 2.29. The molecular formula is C17H22N2S. The molecule has 0 aliphatic heterocycles. The molecule has 0 bridgehead atoms. The van der Waals surface area contributed by atoms with Gasteiger partial charge < -0.3 is 5.32 Å². The molecule has 2 aromatic rings. The lowest BCUT2D eigenvalue weighted by atomic mass is 10.0. The lowest BCUT2D eigenvalue weighted by Gasteiger charge is -2.08. The minimum Gasteiger partial charge on any atom is -0.370 e. The third kappa shape index (κ3) is 4.27. The fourth-order valence-corrected chi connectivity index (χ4v) is 2.73. The van der Waals surface area contributed by atoms with Gasteiger partial charge in [0, 0.05) is 22.5 Å².